The van der Waals surface area contributed by atoms with Crippen LogP contribution in [0, 0.1) is 5.92 Å². The van der Waals surface area contributed by atoms with Gasteiger partial charge in [-0.2, -0.15) is 0 Å². The lowest BCUT2D eigenvalue weighted by Gasteiger charge is -2.15. The molecule has 1 aliphatic carbocycles. The topological polar surface area (TPSA) is 9.23 Å². The first-order valence-electron chi connectivity index (χ1n) is 5.64. The maximum absolute atomic E-state index is 12.1. The molecule has 0 heterocycles. The summed E-state index contributed by atoms with van der Waals surface area (Å²) in [6.07, 6.45) is 6.27. The van der Waals surface area contributed by atoms with E-state index in [0.717, 1.165) is 15.6 Å². The highest BCUT2D eigenvalue weighted by Gasteiger charge is 2.31. The zero-order valence-corrected chi connectivity index (χ0v) is 12.5. The van der Waals surface area contributed by atoms with Crippen LogP contribution in [0.1, 0.15) is 13.3 Å². The Balaban J connectivity index is 2.61. The Morgan fingerprint density at radius 1 is 1.47 bits per heavy atom. The first-order valence-corrected chi connectivity index (χ1v) is 6.72. The third kappa shape index (κ3) is 6.13. The van der Waals surface area contributed by atoms with E-state index in [1.54, 1.807) is 6.08 Å². The molecule has 0 bridgehead atoms. The molecule has 0 N–H and O–H groups in total. The van der Waals surface area contributed by atoms with Crippen LogP contribution >= 0.6 is 22.6 Å². The smallest absolute Gasteiger partial charge is 0.406 e. The third-order valence-corrected chi connectivity index (χ3v) is 3.31. The monoisotopic (exact) mass is 382 g/mol. The van der Waals surface area contributed by atoms with Gasteiger partial charge in [0.2, 0.25) is 0 Å². The molecular weight excluding hydrogens is 368 g/mol. The van der Waals surface area contributed by atoms with E-state index >= 15 is 0 Å². The van der Waals surface area contributed by atoms with Crippen LogP contribution in [-0.2, 0) is 4.74 Å². The molecule has 5 heteroatoms. The minimum Gasteiger partial charge on any atom is -0.406 e. The molecule has 104 valence electrons. The summed E-state index contributed by atoms with van der Waals surface area (Å²) in [7, 11) is 0. The van der Waals surface area contributed by atoms with E-state index in [9.17, 15) is 13.2 Å². The van der Waals surface area contributed by atoms with Gasteiger partial charge >= 0.3 is 6.36 Å². The minimum absolute atomic E-state index is 0.124. The molecule has 1 atom stereocenters. The molecule has 0 aromatic rings. The van der Waals surface area contributed by atoms with Crippen molar-refractivity contribution in [2.24, 2.45) is 5.92 Å². The summed E-state index contributed by atoms with van der Waals surface area (Å²) in [6.45, 7) is 5.36. The van der Waals surface area contributed by atoms with E-state index in [2.05, 4.69) is 40.0 Å². The first-order chi connectivity index (χ1) is 8.81. The van der Waals surface area contributed by atoms with Crippen molar-refractivity contribution in [2.75, 3.05) is 0 Å². The predicted molar refractivity (Wildman–Crippen MR) is 78.5 cm³/mol. The summed E-state index contributed by atoms with van der Waals surface area (Å²) in [6, 6.07) is 0. The molecule has 0 radical (unpaired) electrons. The molecule has 1 rings (SSSR count). The number of halogens is 4. The van der Waals surface area contributed by atoms with Crippen LogP contribution in [0.2, 0.25) is 0 Å². The summed E-state index contributed by atoms with van der Waals surface area (Å²) in [4.78, 5) is 0. The zero-order valence-electron chi connectivity index (χ0n) is 10.4. The fourth-order valence-electron chi connectivity index (χ4n) is 1.50. The van der Waals surface area contributed by atoms with E-state index < -0.39 is 6.36 Å². The molecule has 0 saturated heterocycles. The summed E-state index contributed by atoms with van der Waals surface area (Å²) >= 11 is 2.22. The van der Waals surface area contributed by atoms with Gasteiger partial charge in [-0.15, -0.1) is 13.2 Å². The maximum Gasteiger partial charge on any atom is 0.573 e. The van der Waals surface area contributed by atoms with Crippen molar-refractivity contribution in [3.8, 4) is 0 Å². The van der Waals surface area contributed by atoms with E-state index in [1.807, 2.05) is 12.2 Å². The molecule has 0 amide bonds. The number of allylic oxidation sites excluding steroid dienone is 8. The van der Waals surface area contributed by atoms with Gasteiger partial charge < -0.3 is 4.74 Å². The molecule has 0 saturated carbocycles. The Kier molecular flexibility index (Phi) is 5.90. The molecular formula is C14H14F3IO. The van der Waals surface area contributed by atoms with Crippen LogP contribution in [0.5, 0.6) is 0 Å². The van der Waals surface area contributed by atoms with Crippen LogP contribution in [0.25, 0.3) is 0 Å². The average Bonchev–Trinajstić information content (AvgIpc) is 2.33. The fourth-order valence-corrected chi connectivity index (χ4v) is 1.97. The van der Waals surface area contributed by atoms with Gasteiger partial charge in [0.05, 0.1) is 0 Å². The largest absolute Gasteiger partial charge is 0.573 e. The Morgan fingerprint density at radius 2 is 2.16 bits per heavy atom. The predicted octanol–water partition coefficient (Wildman–Crippen LogP) is 5.43. The highest BCUT2D eigenvalue weighted by molar-refractivity contribution is 14.1. The summed E-state index contributed by atoms with van der Waals surface area (Å²) < 4.78 is 41.2. The van der Waals surface area contributed by atoms with Crippen LogP contribution in [-0.4, -0.2) is 6.36 Å². The number of rotatable bonds is 4. The maximum atomic E-state index is 12.1. The number of alkyl halides is 3. The van der Waals surface area contributed by atoms with Gasteiger partial charge in [0.1, 0.15) is 5.76 Å². The Bertz CT molecular complexity index is 456. The molecule has 19 heavy (non-hydrogen) atoms. The van der Waals surface area contributed by atoms with Gasteiger partial charge in [-0.05, 0) is 53.7 Å². The quantitative estimate of drug-likeness (QED) is 0.358. The lowest BCUT2D eigenvalue weighted by atomic mass is 9.93. The zero-order chi connectivity index (χ0) is 14.5. The molecule has 1 nitrogen and oxygen atoms in total. The molecule has 1 unspecified atom stereocenters. The van der Waals surface area contributed by atoms with Gasteiger partial charge in [0.15, 0.2) is 0 Å². The minimum atomic E-state index is -4.67. The van der Waals surface area contributed by atoms with E-state index in [0.29, 0.717) is 0 Å². The van der Waals surface area contributed by atoms with Crippen molar-refractivity contribution in [1.82, 2.24) is 0 Å². The molecule has 0 aromatic carbocycles. The second-order valence-corrected chi connectivity index (χ2v) is 5.18. The lowest BCUT2D eigenvalue weighted by Crippen LogP contribution is -2.12. The molecule has 0 spiro atoms. The van der Waals surface area contributed by atoms with Crippen molar-refractivity contribution in [3.05, 3.63) is 57.9 Å². The van der Waals surface area contributed by atoms with Crippen LogP contribution < -0.4 is 0 Å². The van der Waals surface area contributed by atoms with Gasteiger partial charge in [-0.3, -0.25) is 0 Å². The van der Waals surface area contributed by atoms with Crippen LogP contribution in [0.3, 0.4) is 0 Å². The van der Waals surface area contributed by atoms with Crippen LogP contribution in [0.4, 0.5) is 13.2 Å². The fraction of sp³-hybridized carbons (Fsp3) is 0.286. The highest BCUT2D eigenvalue weighted by atomic mass is 127. The van der Waals surface area contributed by atoms with Crippen molar-refractivity contribution in [2.45, 2.75) is 19.7 Å². The van der Waals surface area contributed by atoms with E-state index in [-0.39, 0.29) is 11.7 Å². The standard InChI is InChI=1S/C14H14F3IO/c1-3-13(19-14(15,16)17)9-4-10(2)11-5-7-12(18)8-6-11/h3-5,7-9,11H,2,6H2,1H3/b9-4-,13-3+. The number of hydrogen-bond acceptors (Lipinski definition) is 1. The van der Waals surface area contributed by atoms with Crippen molar-refractivity contribution >= 4 is 22.6 Å². The number of hydrogen-bond donors (Lipinski definition) is 0. The second-order valence-electron chi connectivity index (χ2n) is 3.94. The second kappa shape index (κ2) is 6.98. The summed E-state index contributed by atoms with van der Waals surface area (Å²) in [5.41, 5.74) is 0.751. The van der Waals surface area contributed by atoms with Crippen molar-refractivity contribution in [3.63, 3.8) is 0 Å². The molecule has 1 aliphatic rings. The number of ether oxygens (including phenoxy) is 1. The van der Waals surface area contributed by atoms with Gasteiger partial charge in [-0.25, -0.2) is 0 Å². The van der Waals surface area contributed by atoms with E-state index in [4.69, 9.17) is 0 Å². The van der Waals surface area contributed by atoms with Crippen LogP contribution in [0.15, 0.2) is 57.9 Å². The normalized spacial score (nSPS) is 20.6. The van der Waals surface area contributed by atoms with Crippen molar-refractivity contribution in [1.29, 1.82) is 0 Å². The highest BCUT2D eigenvalue weighted by Crippen LogP contribution is 2.27. The molecule has 0 aliphatic heterocycles. The Labute approximate surface area is 124 Å². The third-order valence-electron chi connectivity index (χ3n) is 2.51. The van der Waals surface area contributed by atoms with Gasteiger partial charge in [-0.1, -0.05) is 30.9 Å². The Morgan fingerprint density at radius 3 is 2.63 bits per heavy atom. The first kappa shape index (κ1) is 16.1. The lowest BCUT2D eigenvalue weighted by molar-refractivity contribution is -0.303. The molecule has 0 aromatic heterocycles. The van der Waals surface area contributed by atoms with E-state index in [1.165, 1.54) is 19.1 Å². The Hall–Kier alpha value is -0.980. The summed E-state index contributed by atoms with van der Waals surface area (Å²) in [5.74, 6) is -0.114. The van der Waals surface area contributed by atoms with Gasteiger partial charge in [0, 0.05) is 9.50 Å². The molecule has 0 fully saturated rings. The van der Waals surface area contributed by atoms with Gasteiger partial charge in [0.25, 0.3) is 0 Å². The van der Waals surface area contributed by atoms with Crippen molar-refractivity contribution < 1.29 is 17.9 Å². The average molecular weight is 382 g/mol. The summed E-state index contributed by atoms with van der Waals surface area (Å²) in [5, 5.41) is 0. The SMILES string of the molecule is C=C(/C=C\C(=C/C)OC(F)(F)F)C1C=CC(I)=CC1.